The second-order valence-electron chi connectivity index (χ2n) is 3.82. The van der Waals surface area contributed by atoms with Crippen LogP contribution in [0.4, 0.5) is 0 Å². The van der Waals surface area contributed by atoms with Crippen LogP contribution in [0.2, 0.25) is 0 Å². The molecular weight excluding hydrogens is 300 g/mol. The van der Waals surface area contributed by atoms with Gasteiger partial charge in [0.15, 0.2) is 0 Å². The van der Waals surface area contributed by atoms with Crippen LogP contribution in [0, 0.1) is 0 Å². The lowest BCUT2D eigenvalue weighted by atomic mass is 10.2. The number of hydrogen-bond donors (Lipinski definition) is 2. The highest BCUT2D eigenvalue weighted by atomic mass is 79.9. The van der Waals surface area contributed by atoms with E-state index in [0.717, 1.165) is 4.47 Å². The van der Waals surface area contributed by atoms with Gasteiger partial charge in [0, 0.05) is 17.7 Å². The van der Waals surface area contributed by atoms with Crippen molar-refractivity contribution in [1.29, 1.82) is 0 Å². The first-order valence-corrected chi connectivity index (χ1v) is 6.21. The van der Waals surface area contributed by atoms with Crippen LogP contribution in [-0.4, -0.2) is 27.6 Å². The average Bonchev–Trinajstić information content (AvgIpc) is 2.63. The van der Waals surface area contributed by atoms with Gasteiger partial charge in [-0.05, 0) is 35.3 Å². The first-order chi connectivity index (χ1) is 8.45. The van der Waals surface area contributed by atoms with Crippen molar-refractivity contribution in [2.24, 2.45) is 7.05 Å². The number of nitrogens with zero attached hydrogens (tertiary/aromatic N) is 1. The van der Waals surface area contributed by atoms with Crippen molar-refractivity contribution in [1.82, 2.24) is 9.88 Å². The largest absolute Gasteiger partial charge is 0.480 e. The van der Waals surface area contributed by atoms with Gasteiger partial charge in [-0.3, -0.25) is 4.79 Å². The lowest BCUT2D eigenvalue weighted by Gasteiger charge is -2.12. The molecule has 0 aromatic carbocycles. The molecule has 0 radical (unpaired) electrons. The van der Waals surface area contributed by atoms with Crippen molar-refractivity contribution in [2.75, 3.05) is 0 Å². The van der Waals surface area contributed by atoms with Crippen molar-refractivity contribution in [2.45, 2.75) is 19.4 Å². The summed E-state index contributed by atoms with van der Waals surface area (Å²) in [7, 11) is 1.72. The Bertz CT molecular complexity index is 480. The third-order valence-electron chi connectivity index (χ3n) is 2.42. The lowest BCUT2D eigenvalue weighted by molar-refractivity contribution is -0.139. The van der Waals surface area contributed by atoms with E-state index in [-0.39, 0.29) is 6.42 Å². The summed E-state index contributed by atoms with van der Waals surface area (Å²) < 4.78 is 2.41. The maximum atomic E-state index is 11.9. The van der Waals surface area contributed by atoms with Crippen LogP contribution >= 0.6 is 15.9 Å². The van der Waals surface area contributed by atoms with E-state index >= 15 is 0 Å². The molecule has 0 aliphatic carbocycles. The zero-order chi connectivity index (χ0) is 13.7. The van der Waals surface area contributed by atoms with Crippen molar-refractivity contribution < 1.29 is 14.7 Å². The smallest absolute Gasteiger partial charge is 0.326 e. The Kier molecular flexibility index (Phi) is 5.15. The van der Waals surface area contributed by atoms with Gasteiger partial charge >= 0.3 is 5.97 Å². The predicted molar refractivity (Wildman–Crippen MR) is 71.4 cm³/mol. The molecule has 0 bridgehead atoms. The summed E-state index contributed by atoms with van der Waals surface area (Å²) in [4.78, 5) is 22.9. The van der Waals surface area contributed by atoms with Gasteiger partial charge in [0.1, 0.15) is 11.7 Å². The number of carbonyl (C=O) groups is 2. The highest BCUT2D eigenvalue weighted by molar-refractivity contribution is 9.10. The first-order valence-electron chi connectivity index (χ1n) is 5.42. The third kappa shape index (κ3) is 3.73. The van der Waals surface area contributed by atoms with E-state index in [1.807, 2.05) is 0 Å². The number of carbonyl (C=O) groups excluding carboxylic acids is 1. The molecule has 1 atom stereocenters. The molecule has 0 aliphatic rings. The minimum absolute atomic E-state index is 0.267. The fraction of sp³-hybridized carbons (Fsp3) is 0.333. The summed E-state index contributed by atoms with van der Waals surface area (Å²) in [5, 5.41) is 11.5. The number of aliphatic carboxylic acids is 1. The molecule has 0 spiro atoms. The average molecular weight is 315 g/mol. The number of hydrogen-bond acceptors (Lipinski definition) is 2. The number of carboxylic acids is 1. The van der Waals surface area contributed by atoms with Crippen molar-refractivity contribution in [3.8, 4) is 0 Å². The Morgan fingerprint density at radius 1 is 1.61 bits per heavy atom. The second-order valence-corrected chi connectivity index (χ2v) is 4.74. The highest BCUT2D eigenvalue weighted by Gasteiger charge is 2.20. The molecular formula is C12H15BrN2O3. The van der Waals surface area contributed by atoms with Crippen LogP contribution in [-0.2, 0) is 11.8 Å². The minimum Gasteiger partial charge on any atom is -0.480 e. The number of allylic oxidation sites excluding steroid dienone is 1. The van der Waals surface area contributed by atoms with E-state index in [4.69, 9.17) is 5.11 Å². The molecule has 5 nitrogen and oxygen atoms in total. The van der Waals surface area contributed by atoms with Gasteiger partial charge in [-0.1, -0.05) is 12.2 Å². The van der Waals surface area contributed by atoms with E-state index in [0.29, 0.717) is 5.69 Å². The van der Waals surface area contributed by atoms with Gasteiger partial charge in [0.25, 0.3) is 5.91 Å². The Morgan fingerprint density at radius 3 is 2.72 bits per heavy atom. The summed E-state index contributed by atoms with van der Waals surface area (Å²) in [5.74, 6) is -1.45. The molecule has 2 N–H and O–H groups in total. The molecule has 0 aliphatic heterocycles. The Morgan fingerprint density at radius 2 is 2.28 bits per heavy atom. The minimum atomic E-state index is -1.05. The predicted octanol–water partition coefficient (Wildman–Crippen LogP) is 1.94. The van der Waals surface area contributed by atoms with Gasteiger partial charge in [-0.15, -0.1) is 0 Å². The summed E-state index contributed by atoms with van der Waals surface area (Å²) in [6.45, 7) is 1.80. The first kappa shape index (κ1) is 14.5. The summed E-state index contributed by atoms with van der Waals surface area (Å²) in [6, 6.07) is 0.728. The van der Waals surface area contributed by atoms with Crippen LogP contribution in [0.5, 0.6) is 0 Å². The number of aryl methyl sites for hydroxylation is 1. The van der Waals surface area contributed by atoms with E-state index in [1.165, 1.54) is 0 Å². The zero-order valence-corrected chi connectivity index (χ0v) is 11.8. The molecule has 1 aromatic rings. The van der Waals surface area contributed by atoms with Crippen LogP contribution in [0.25, 0.3) is 0 Å². The maximum Gasteiger partial charge on any atom is 0.326 e. The van der Waals surface area contributed by atoms with Gasteiger partial charge in [0.05, 0.1) is 0 Å². The normalized spacial score (nSPS) is 12.6. The number of nitrogens with one attached hydrogen (secondary N) is 1. The SMILES string of the molecule is C/C=C/CC(NC(=O)c1cc(Br)cn1C)C(=O)O. The topological polar surface area (TPSA) is 71.3 Å². The summed E-state index contributed by atoms with van der Waals surface area (Å²) >= 11 is 3.26. The van der Waals surface area contributed by atoms with Crippen molar-refractivity contribution in [3.63, 3.8) is 0 Å². The Hall–Kier alpha value is -1.56. The van der Waals surface area contributed by atoms with Crippen LogP contribution in [0.3, 0.4) is 0 Å². The highest BCUT2D eigenvalue weighted by Crippen LogP contribution is 2.13. The monoisotopic (exact) mass is 314 g/mol. The quantitative estimate of drug-likeness (QED) is 0.816. The van der Waals surface area contributed by atoms with Crippen LogP contribution in [0.15, 0.2) is 28.9 Å². The van der Waals surface area contributed by atoms with E-state index in [2.05, 4.69) is 21.2 Å². The Labute approximate surface area is 114 Å². The summed E-state index contributed by atoms with van der Waals surface area (Å²) in [6.07, 6.45) is 5.46. The molecule has 18 heavy (non-hydrogen) atoms. The molecule has 6 heteroatoms. The molecule has 1 amide bonds. The number of halogens is 1. The standard InChI is InChI=1S/C12H15BrN2O3/c1-3-4-5-9(12(17)18)14-11(16)10-6-8(13)7-15(10)2/h3-4,6-7,9H,5H2,1-2H3,(H,14,16)(H,17,18)/b4-3+. The molecule has 0 fully saturated rings. The molecule has 1 aromatic heterocycles. The number of rotatable bonds is 5. The molecule has 98 valence electrons. The van der Waals surface area contributed by atoms with Crippen molar-refractivity contribution in [3.05, 3.63) is 34.6 Å². The van der Waals surface area contributed by atoms with Gasteiger partial charge in [0.2, 0.25) is 0 Å². The van der Waals surface area contributed by atoms with Gasteiger partial charge in [-0.25, -0.2) is 4.79 Å². The molecule has 1 unspecified atom stereocenters. The van der Waals surface area contributed by atoms with Gasteiger partial charge < -0.3 is 15.0 Å². The number of aromatic nitrogens is 1. The fourth-order valence-electron chi connectivity index (χ4n) is 1.48. The van der Waals surface area contributed by atoms with E-state index in [9.17, 15) is 9.59 Å². The maximum absolute atomic E-state index is 11.9. The zero-order valence-electron chi connectivity index (χ0n) is 10.2. The molecule has 0 saturated heterocycles. The molecule has 0 saturated carbocycles. The molecule has 1 rings (SSSR count). The van der Waals surface area contributed by atoms with E-state index in [1.54, 1.807) is 43.0 Å². The number of amides is 1. The summed E-state index contributed by atoms with van der Waals surface area (Å²) in [5.41, 5.74) is 0.411. The number of carboxylic acid groups (broad SMARTS) is 1. The van der Waals surface area contributed by atoms with Gasteiger partial charge in [-0.2, -0.15) is 0 Å². The third-order valence-corrected chi connectivity index (χ3v) is 2.85. The lowest BCUT2D eigenvalue weighted by Crippen LogP contribution is -2.41. The molecule has 1 heterocycles. The second kappa shape index (κ2) is 6.39. The van der Waals surface area contributed by atoms with Crippen molar-refractivity contribution >= 4 is 27.8 Å². The van der Waals surface area contributed by atoms with Crippen LogP contribution < -0.4 is 5.32 Å². The van der Waals surface area contributed by atoms with E-state index < -0.39 is 17.9 Å². The van der Waals surface area contributed by atoms with Crippen LogP contribution in [0.1, 0.15) is 23.8 Å². The Balaban J connectivity index is 2.78. The fourth-order valence-corrected chi connectivity index (χ4v) is 2.00.